The van der Waals surface area contributed by atoms with Gasteiger partial charge >= 0.3 is 5.97 Å². The molecule has 1 heterocycles. The van der Waals surface area contributed by atoms with Gasteiger partial charge in [-0.25, -0.2) is 0 Å². The summed E-state index contributed by atoms with van der Waals surface area (Å²) < 4.78 is 16.1. The van der Waals surface area contributed by atoms with Gasteiger partial charge in [-0.1, -0.05) is 17.7 Å². The fraction of sp³-hybridized carbons (Fsp3) is 0.222. The molecule has 0 spiro atoms. The van der Waals surface area contributed by atoms with Gasteiger partial charge in [0.2, 0.25) is 5.91 Å². The Morgan fingerprint density at radius 1 is 1.00 bits per heavy atom. The highest BCUT2D eigenvalue weighted by atomic mass is 35.5. The molecule has 1 atom stereocenters. The highest BCUT2D eigenvalue weighted by Crippen LogP contribution is 2.30. The van der Waals surface area contributed by atoms with E-state index >= 15 is 0 Å². The Labute approximate surface area is 213 Å². The van der Waals surface area contributed by atoms with E-state index in [0.29, 0.717) is 27.9 Å². The number of esters is 1. The quantitative estimate of drug-likeness (QED) is 0.431. The molecule has 0 saturated carbocycles. The second-order valence-electron chi connectivity index (χ2n) is 8.30. The molecule has 2 amide bonds. The maximum atomic E-state index is 12.5. The summed E-state index contributed by atoms with van der Waals surface area (Å²) in [6.45, 7) is 1.57. The van der Waals surface area contributed by atoms with E-state index in [9.17, 15) is 14.4 Å². The maximum absolute atomic E-state index is 12.5. The summed E-state index contributed by atoms with van der Waals surface area (Å²) in [5.74, 6) is 0.0498. The SMILES string of the molecule is COc1ccc(Oc2ccc(N3C[C@H](C(=O)OCC(=O)Nc4ccc(C)c(Cl)c4)CC3=O)cc2)cc1. The molecule has 0 aliphatic carbocycles. The fourth-order valence-corrected chi connectivity index (χ4v) is 3.89. The lowest BCUT2D eigenvalue weighted by Crippen LogP contribution is -2.28. The van der Waals surface area contributed by atoms with E-state index in [0.717, 1.165) is 11.3 Å². The van der Waals surface area contributed by atoms with Crippen LogP contribution < -0.4 is 19.7 Å². The largest absolute Gasteiger partial charge is 0.497 e. The summed E-state index contributed by atoms with van der Waals surface area (Å²) in [6, 6.07) is 19.3. The molecule has 1 aliphatic rings. The number of carbonyl (C=O) groups excluding carboxylic acids is 3. The van der Waals surface area contributed by atoms with Crippen molar-refractivity contribution in [2.45, 2.75) is 13.3 Å². The third-order valence-electron chi connectivity index (χ3n) is 5.70. The van der Waals surface area contributed by atoms with Crippen molar-refractivity contribution in [3.8, 4) is 17.2 Å². The molecule has 186 valence electrons. The molecular formula is C27H25ClN2O6. The van der Waals surface area contributed by atoms with Crippen molar-refractivity contribution in [2.75, 3.05) is 30.5 Å². The standard InChI is InChI=1S/C27H25ClN2O6/c1-17-3-4-19(14-24(17)28)29-25(31)16-35-27(33)18-13-26(32)30(15-18)20-5-7-22(8-6-20)36-23-11-9-21(34-2)10-12-23/h3-12,14,18H,13,15-16H2,1-2H3,(H,29,31)/t18-/m1/s1. The molecule has 3 aromatic rings. The van der Waals surface area contributed by atoms with Gasteiger partial charge in [-0.2, -0.15) is 0 Å². The number of carbonyl (C=O) groups is 3. The van der Waals surface area contributed by atoms with Gasteiger partial charge in [0.1, 0.15) is 17.2 Å². The number of amides is 2. The van der Waals surface area contributed by atoms with Crippen molar-refractivity contribution >= 4 is 40.8 Å². The first-order chi connectivity index (χ1) is 17.3. The number of ether oxygens (including phenoxy) is 3. The van der Waals surface area contributed by atoms with Gasteiger partial charge in [-0.05, 0) is 73.2 Å². The number of anilines is 2. The van der Waals surface area contributed by atoms with Gasteiger partial charge < -0.3 is 24.4 Å². The maximum Gasteiger partial charge on any atom is 0.311 e. The van der Waals surface area contributed by atoms with Crippen molar-refractivity contribution in [2.24, 2.45) is 5.92 Å². The first kappa shape index (κ1) is 25.1. The first-order valence-corrected chi connectivity index (χ1v) is 11.6. The van der Waals surface area contributed by atoms with Crippen molar-refractivity contribution in [3.05, 3.63) is 77.3 Å². The fourth-order valence-electron chi connectivity index (χ4n) is 3.71. The minimum absolute atomic E-state index is 0.0120. The Balaban J connectivity index is 1.28. The molecule has 3 aromatic carbocycles. The summed E-state index contributed by atoms with van der Waals surface area (Å²) in [5, 5.41) is 3.15. The monoisotopic (exact) mass is 508 g/mol. The molecular weight excluding hydrogens is 484 g/mol. The minimum atomic E-state index is -0.658. The van der Waals surface area contributed by atoms with Gasteiger partial charge in [0.05, 0.1) is 13.0 Å². The number of hydrogen-bond acceptors (Lipinski definition) is 6. The van der Waals surface area contributed by atoms with Crippen LogP contribution in [0.3, 0.4) is 0 Å². The highest BCUT2D eigenvalue weighted by Gasteiger charge is 2.36. The van der Waals surface area contributed by atoms with E-state index < -0.39 is 24.4 Å². The Hall–Kier alpha value is -4.04. The van der Waals surface area contributed by atoms with Crippen LogP contribution in [0.4, 0.5) is 11.4 Å². The molecule has 36 heavy (non-hydrogen) atoms. The van der Waals surface area contributed by atoms with Crippen LogP contribution in [0.1, 0.15) is 12.0 Å². The molecule has 1 aliphatic heterocycles. The molecule has 0 unspecified atom stereocenters. The van der Waals surface area contributed by atoms with Gasteiger partial charge in [0.15, 0.2) is 6.61 Å². The van der Waals surface area contributed by atoms with Gasteiger partial charge in [0, 0.05) is 29.4 Å². The van der Waals surface area contributed by atoms with Crippen molar-refractivity contribution in [1.82, 2.24) is 0 Å². The average Bonchev–Trinajstić information content (AvgIpc) is 3.27. The molecule has 0 bridgehead atoms. The molecule has 0 radical (unpaired) electrons. The van der Waals surface area contributed by atoms with Crippen molar-refractivity contribution in [1.29, 1.82) is 0 Å². The highest BCUT2D eigenvalue weighted by molar-refractivity contribution is 6.31. The normalized spacial score (nSPS) is 14.9. The number of halogens is 1. The number of aryl methyl sites for hydroxylation is 1. The van der Waals surface area contributed by atoms with Crippen LogP contribution in [-0.2, 0) is 19.1 Å². The van der Waals surface area contributed by atoms with Crippen LogP contribution in [0, 0.1) is 12.8 Å². The number of nitrogens with one attached hydrogen (secondary N) is 1. The molecule has 8 nitrogen and oxygen atoms in total. The third kappa shape index (κ3) is 6.14. The first-order valence-electron chi connectivity index (χ1n) is 11.3. The van der Waals surface area contributed by atoms with Crippen molar-refractivity contribution in [3.63, 3.8) is 0 Å². The number of methoxy groups -OCH3 is 1. The predicted molar refractivity (Wildman–Crippen MR) is 136 cm³/mol. The third-order valence-corrected chi connectivity index (χ3v) is 6.11. The van der Waals surface area contributed by atoms with Crippen LogP contribution in [-0.4, -0.2) is 38.0 Å². The summed E-state index contributed by atoms with van der Waals surface area (Å²) in [7, 11) is 1.60. The topological polar surface area (TPSA) is 94.2 Å². The molecule has 1 N–H and O–H groups in total. The zero-order valence-corrected chi connectivity index (χ0v) is 20.6. The lowest BCUT2D eigenvalue weighted by molar-refractivity contribution is -0.151. The number of benzene rings is 3. The summed E-state index contributed by atoms with van der Waals surface area (Å²) in [6.07, 6.45) is 0.0120. The zero-order chi connectivity index (χ0) is 25.7. The van der Waals surface area contributed by atoms with E-state index in [1.807, 2.05) is 6.92 Å². The van der Waals surface area contributed by atoms with Gasteiger partial charge in [-0.15, -0.1) is 0 Å². The van der Waals surface area contributed by atoms with Crippen LogP contribution >= 0.6 is 11.6 Å². The second-order valence-corrected chi connectivity index (χ2v) is 8.70. The smallest absolute Gasteiger partial charge is 0.311 e. The van der Waals surface area contributed by atoms with E-state index in [-0.39, 0.29) is 18.9 Å². The van der Waals surface area contributed by atoms with E-state index in [1.54, 1.807) is 73.8 Å². The zero-order valence-electron chi connectivity index (χ0n) is 19.8. The van der Waals surface area contributed by atoms with Gasteiger partial charge in [0.25, 0.3) is 5.91 Å². The van der Waals surface area contributed by atoms with E-state index in [4.69, 9.17) is 25.8 Å². The van der Waals surface area contributed by atoms with Gasteiger partial charge in [-0.3, -0.25) is 14.4 Å². The van der Waals surface area contributed by atoms with Crippen LogP contribution in [0.5, 0.6) is 17.2 Å². The summed E-state index contributed by atoms with van der Waals surface area (Å²) in [5.41, 5.74) is 2.04. The molecule has 0 aromatic heterocycles. The number of hydrogen-bond donors (Lipinski definition) is 1. The Bertz CT molecular complexity index is 1260. The average molecular weight is 509 g/mol. The van der Waals surface area contributed by atoms with E-state index in [1.165, 1.54) is 4.90 Å². The molecule has 1 saturated heterocycles. The van der Waals surface area contributed by atoms with E-state index in [2.05, 4.69) is 5.32 Å². The minimum Gasteiger partial charge on any atom is -0.497 e. The lowest BCUT2D eigenvalue weighted by atomic mass is 10.1. The molecule has 4 rings (SSSR count). The molecule has 9 heteroatoms. The lowest BCUT2D eigenvalue weighted by Gasteiger charge is -2.17. The predicted octanol–water partition coefficient (Wildman–Crippen LogP) is 4.98. The summed E-state index contributed by atoms with van der Waals surface area (Å²) >= 11 is 6.06. The second kappa shape index (κ2) is 11.1. The Morgan fingerprint density at radius 2 is 1.64 bits per heavy atom. The van der Waals surface area contributed by atoms with Crippen LogP contribution in [0.15, 0.2) is 66.7 Å². The number of nitrogens with zero attached hydrogens (tertiary/aromatic N) is 1. The number of rotatable bonds is 8. The van der Waals surface area contributed by atoms with Crippen LogP contribution in [0.2, 0.25) is 5.02 Å². The molecule has 1 fully saturated rings. The Morgan fingerprint density at radius 3 is 2.28 bits per heavy atom. The summed E-state index contributed by atoms with van der Waals surface area (Å²) in [4.78, 5) is 38.7. The Kier molecular flexibility index (Phi) is 7.75. The van der Waals surface area contributed by atoms with Crippen molar-refractivity contribution < 1.29 is 28.6 Å². The van der Waals surface area contributed by atoms with Crippen LogP contribution in [0.25, 0.3) is 0 Å².